The Morgan fingerprint density at radius 2 is 0.781 bits per heavy atom. The van der Waals surface area contributed by atoms with Gasteiger partial charge in [-0.25, -0.2) is 0 Å². The minimum absolute atomic E-state index is 0.00591. The zero-order valence-corrected chi connectivity index (χ0v) is 42.8. The Balaban J connectivity index is 3.43. The van der Waals surface area contributed by atoms with E-state index < -0.39 is 12.1 Å². The van der Waals surface area contributed by atoms with Gasteiger partial charge in [0.05, 0.1) is 25.4 Å². The van der Waals surface area contributed by atoms with Crippen molar-refractivity contribution in [1.82, 2.24) is 5.32 Å². The van der Waals surface area contributed by atoms with Crippen molar-refractivity contribution < 1.29 is 24.5 Å². The molecule has 1 amide bonds. The van der Waals surface area contributed by atoms with Crippen LogP contribution in [0.1, 0.15) is 296 Å². The molecule has 64 heavy (non-hydrogen) atoms. The highest BCUT2D eigenvalue weighted by molar-refractivity contribution is 5.76. The van der Waals surface area contributed by atoms with E-state index in [1.54, 1.807) is 0 Å². The largest absolute Gasteiger partial charge is 0.466 e. The van der Waals surface area contributed by atoms with Gasteiger partial charge in [0.2, 0.25) is 5.91 Å². The Kier molecular flexibility index (Phi) is 52.1. The van der Waals surface area contributed by atoms with Crippen LogP contribution in [0.25, 0.3) is 0 Å². The Labute approximate surface area is 398 Å². The number of aliphatic hydroxyl groups is 2. The molecule has 0 heterocycles. The fourth-order valence-corrected chi connectivity index (χ4v) is 8.55. The first-order chi connectivity index (χ1) is 31.5. The van der Waals surface area contributed by atoms with E-state index in [9.17, 15) is 19.8 Å². The second-order valence-electron chi connectivity index (χ2n) is 19.3. The molecule has 0 saturated carbocycles. The standard InChI is InChI=1S/C58H109NO5/c1-3-5-7-9-11-13-15-16-17-18-19-22-25-28-32-36-40-44-48-52-58(63)64-53-49-45-41-37-33-29-26-23-20-21-24-27-31-35-39-43-47-51-57(62)59-55(54-60)56(61)50-46-42-38-34-30-14-12-10-8-6-4-2/h11,13,16-17,20,23,55-56,60-61H,3-10,12,14-15,18-19,21-22,24-54H2,1-2H3,(H,59,62)/b13-11-,17-16-,23-20-. The van der Waals surface area contributed by atoms with Crippen molar-refractivity contribution in [2.45, 2.75) is 309 Å². The van der Waals surface area contributed by atoms with Gasteiger partial charge < -0.3 is 20.3 Å². The van der Waals surface area contributed by atoms with Crippen LogP contribution in [-0.4, -0.2) is 47.4 Å². The van der Waals surface area contributed by atoms with Crippen LogP contribution in [0, 0.1) is 0 Å². The summed E-state index contributed by atoms with van der Waals surface area (Å²) in [5.41, 5.74) is 0. The van der Waals surface area contributed by atoms with Gasteiger partial charge in [-0.3, -0.25) is 9.59 Å². The smallest absolute Gasteiger partial charge is 0.305 e. The molecule has 376 valence electrons. The van der Waals surface area contributed by atoms with Gasteiger partial charge in [-0.1, -0.05) is 237 Å². The predicted molar refractivity (Wildman–Crippen MR) is 278 cm³/mol. The molecule has 0 aromatic heterocycles. The number of aliphatic hydroxyl groups excluding tert-OH is 2. The van der Waals surface area contributed by atoms with E-state index in [0.717, 1.165) is 64.2 Å². The summed E-state index contributed by atoms with van der Waals surface area (Å²) in [6, 6.07) is -0.549. The highest BCUT2D eigenvalue weighted by Crippen LogP contribution is 2.16. The molecule has 2 atom stereocenters. The van der Waals surface area contributed by atoms with E-state index in [0.29, 0.717) is 25.9 Å². The van der Waals surface area contributed by atoms with Gasteiger partial charge in [0, 0.05) is 12.8 Å². The highest BCUT2D eigenvalue weighted by Gasteiger charge is 2.20. The van der Waals surface area contributed by atoms with Gasteiger partial charge in [-0.15, -0.1) is 0 Å². The van der Waals surface area contributed by atoms with Crippen molar-refractivity contribution in [2.75, 3.05) is 13.2 Å². The molecule has 0 bridgehead atoms. The number of hydrogen-bond donors (Lipinski definition) is 3. The number of nitrogens with one attached hydrogen (secondary N) is 1. The average molecular weight is 901 g/mol. The van der Waals surface area contributed by atoms with Gasteiger partial charge in [-0.2, -0.15) is 0 Å². The fourth-order valence-electron chi connectivity index (χ4n) is 8.55. The first kappa shape index (κ1) is 62.1. The summed E-state index contributed by atoms with van der Waals surface area (Å²) in [6.07, 6.45) is 65.6. The van der Waals surface area contributed by atoms with E-state index in [2.05, 4.69) is 55.6 Å². The summed E-state index contributed by atoms with van der Waals surface area (Å²) in [5, 5.41) is 23.2. The van der Waals surface area contributed by atoms with Crippen molar-refractivity contribution in [3.63, 3.8) is 0 Å². The summed E-state index contributed by atoms with van der Waals surface area (Å²) < 4.78 is 5.48. The van der Waals surface area contributed by atoms with Crippen LogP contribution in [0.15, 0.2) is 36.5 Å². The van der Waals surface area contributed by atoms with E-state index in [1.165, 1.54) is 199 Å². The fraction of sp³-hybridized carbons (Fsp3) is 0.862. The number of rotatable bonds is 52. The first-order valence-corrected chi connectivity index (χ1v) is 28.2. The van der Waals surface area contributed by atoms with Gasteiger partial charge in [-0.05, 0) is 83.5 Å². The van der Waals surface area contributed by atoms with Crippen molar-refractivity contribution >= 4 is 11.9 Å². The summed E-state index contributed by atoms with van der Waals surface area (Å²) in [5.74, 6) is -0.0544. The minimum Gasteiger partial charge on any atom is -0.466 e. The van der Waals surface area contributed by atoms with Crippen LogP contribution in [0.4, 0.5) is 0 Å². The molecule has 0 radical (unpaired) electrons. The molecule has 0 aromatic carbocycles. The third kappa shape index (κ3) is 49.5. The molecule has 0 aliphatic carbocycles. The van der Waals surface area contributed by atoms with E-state index >= 15 is 0 Å². The van der Waals surface area contributed by atoms with Gasteiger partial charge in [0.1, 0.15) is 0 Å². The maximum atomic E-state index is 12.4. The van der Waals surface area contributed by atoms with Gasteiger partial charge in [0.25, 0.3) is 0 Å². The lowest BCUT2D eigenvalue weighted by Gasteiger charge is -2.22. The number of amides is 1. The number of hydrogen-bond acceptors (Lipinski definition) is 5. The second kappa shape index (κ2) is 53.7. The van der Waals surface area contributed by atoms with Crippen LogP contribution in [-0.2, 0) is 14.3 Å². The Morgan fingerprint density at radius 1 is 0.438 bits per heavy atom. The van der Waals surface area contributed by atoms with E-state index in [-0.39, 0.29) is 18.5 Å². The average Bonchev–Trinajstić information content (AvgIpc) is 3.29. The van der Waals surface area contributed by atoms with Crippen molar-refractivity contribution in [3.8, 4) is 0 Å². The lowest BCUT2D eigenvalue weighted by Crippen LogP contribution is -2.45. The molecule has 0 aliphatic heterocycles. The van der Waals surface area contributed by atoms with E-state index in [4.69, 9.17) is 4.74 Å². The summed E-state index contributed by atoms with van der Waals surface area (Å²) in [4.78, 5) is 24.5. The van der Waals surface area contributed by atoms with Crippen molar-refractivity contribution in [3.05, 3.63) is 36.5 Å². The van der Waals surface area contributed by atoms with Crippen LogP contribution in [0.3, 0.4) is 0 Å². The topological polar surface area (TPSA) is 95.9 Å². The SMILES string of the molecule is CCCCC/C=C\C/C=C\CCCCCCCCCCCC(=O)OCCCCCCCC/C=C\CCCCCCCCCC(=O)NC(CO)C(O)CCCCCCCCCCCCC. The predicted octanol–water partition coefficient (Wildman–Crippen LogP) is 17.2. The van der Waals surface area contributed by atoms with Crippen LogP contribution in [0.5, 0.6) is 0 Å². The molecule has 6 nitrogen and oxygen atoms in total. The lowest BCUT2D eigenvalue weighted by atomic mass is 10.0. The number of ether oxygens (including phenoxy) is 1. The first-order valence-electron chi connectivity index (χ1n) is 28.2. The number of carbonyl (C=O) groups excluding carboxylic acids is 2. The van der Waals surface area contributed by atoms with Crippen molar-refractivity contribution in [1.29, 1.82) is 0 Å². The third-order valence-electron chi connectivity index (χ3n) is 12.9. The molecule has 6 heteroatoms. The van der Waals surface area contributed by atoms with Crippen LogP contribution in [0.2, 0.25) is 0 Å². The minimum atomic E-state index is -0.671. The Morgan fingerprint density at radius 3 is 1.23 bits per heavy atom. The lowest BCUT2D eigenvalue weighted by molar-refractivity contribution is -0.143. The Hall–Kier alpha value is -1.92. The summed E-state index contributed by atoms with van der Waals surface area (Å²) >= 11 is 0. The summed E-state index contributed by atoms with van der Waals surface area (Å²) in [6.45, 7) is 4.90. The highest BCUT2D eigenvalue weighted by atomic mass is 16.5. The van der Waals surface area contributed by atoms with Crippen LogP contribution >= 0.6 is 0 Å². The molecule has 0 aromatic rings. The second-order valence-corrected chi connectivity index (χ2v) is 19.3. The molecule has 0 fully saturated rings. The number of esters is 1. The number of carbonyl (C=O) groups is 2. The molecular formula is C58H109NO5. The maximum absolute atomic E-state index is 12.4. The molecule has 0 spiro atoms. The van der Waals surface area contributed by atoms with Crippen LogP contribution < -0.4 is 5.32 Å². The molecular weight excluding hydrogens is 791 g/mol. The van der Waals surface area contributed by atoms with E-state index in [1.807, 2.05) is 0 Å². The van der Waals surface area contributed by atoms with Gasteiger partial charge in [0.15, 0.2) is 0 Å². The molecule has 3 N–H and O–H groups in total. The summed E-state index contributed by atoms with van der Waals surface area (Å²) in [7, 11) is 0. The molecule has 0 aliphatic rings. The maximum Gasteiger partial charge on any atom is 0.305 e. The monoisotopic (exact) mass is 900 g/mol. The molecule has 2 unspecified atom stereocenters. The third-order valence-corrected chi connectivity index (χ3v) is 12.9. The normalized spacial score (nSPS) is 12.9. The molecule has 0 saturated heterocycles. The van der Waals surface area contributed by atoms with Gasteiger partial charge >= 0.3 is 5.97 Å². The molecule has 0 rings (SSSR count). The quantitative estimate of drug-likeness (QED) is 0.0321. The zero-order chi connectivity index (χ0) is 46.5. The number of unbranched alkanes of at least 4 members (excludes halogenated alkanes) is 35. The van der Waals surface area contributed by atoms with Crippen molar-refractivity contribution in [2.24, 2.45) is 0 Å². The Bertz CT molecular complexity index is 1040. The zero-order valence-electron chi connectivity index (χ0n) is 42.8. The number of allylic oxidation sites excluding steroid dienone is 6.